The van der Waals surface area contributed by atoms with Crippen molar-refractivity contribution in [2.45, 2.75) is 63.8 Å². The van der Waals surface area contributed by atoms with Gasteiger partial charge in [-0.2, -0.15) is 5.26 Å². The summed E-state index contributed by atoms with van der Waals surface area (Å²) in [6.07, 6.45) is 11.9. The monoisotopic (exact) mass is 353 g/mol. The van der Waals surface area contributed by atoms with E-state index in [0.29, 0.717) is 29.5 Å². The maximum atomic E-state index is 12.8. The standard InChI is InChI=1S/C20H27N5O/c21-14-18-22-10-5-17(24-18)23-16-4-2-1-3-15(16)13-19(26)25-11-8-20(6-7-20)9-12-25/h5,10,15-16H,1-4,6-9,11-13H2,(H,22,23,24)/t15-,16-/m0/s1. The molecule has 1 amide bonds. The van der Waals surface area contributed by atoms with Gasteiger partial charge in [-0.15, -0.1) is 0 Å². The molecule has 3 aliphatic rings. The summed E-state index contributed by atoms with van der Waals surface area (Å²) in [6.45, 7) is 1.89. The molecule has 2 aliphatic carbocycles. The average Bonchev–Trinajstić information content (AvgIpc) is 3.43. The van der Waals surface area contributed by atoms with Crippen LogP contribution < -0.4 is 5.32 Å². The summed E-state index contributed by atoms with van der Waals surface area (Å²) in [5, 5.41) is 12.4. The minimum Gasteiger partial charge on any atom is -0.367 e. The number of nitriles is 1. The Morgan fingerprint density at radius 3 is 2.77 bits per heavy atom. The molecule has 2 heterocycles. The van der Waals surface area contributed by atoms with Crippen LogP contribution in [0.25, 0.3) is 0 Å². The van der Waals surface area contributed by atoms with Gasteiger partial charge in [0.15, 0.2) is 0 Å². The molecule has 6 heteroatoms. The summed E-state index contributed by atoms with van der Waals surface area (Å²) in [4.78, 5) is 23.1. The molecule has 2 saturated carbocycles. The molecular formula is C20H27N5O. The molecule has 1 aliphatic heterocycles. The van der Waals surface area contributed by atoms with Crippen LogP contribution in [0.2, 0.25) is 0 Å². The molecule has 0 radical (unpaired) electrons. The zero-order valence-electron chi connectivity index (χ0n) is 15.3. The van der Waals surface area contributed by atoms with Crippen molar-refractivity contribution in [3.05, 3.63) is 18.1 Å². The second kappa shape index (κ2) is 7.22. The summed E-state index contributed by atoms with van der Waals surface area (Å²) in [5.41, 5.74) is 0.608. The van der Waals surface area contributed by atoms with E-state index in [9.17, 15) is 4.79 Å². The van der Waals surface area contributed by atoms with Crippen molar-refractivity contribution in [2.75, 3.05) is 18.4 Å². The number of piperidine rings is 1. The molecule has 1 N–H and O–H groups in total. The van der Waals surface area contributed by atoms with Crippen molar-refractivity contribution >= 4 is 11.7 Å². The van der Waals surface area contributed by atoms with Crippen LogP contribution in [0.4, 0.5) is 5.82 Å². The third kappa shape index (κ3) is 3.82. The van der Waals surface area contributed by atoms with Crippen LogP contribution in [0.1, 0.15) is 63.6 Å². The highest BCUT2D eigenvalue weighted by Crippen LogP contribution is 2.53. The van der Waals surface area contributed by atoms with Gasteiger partial charge in [-0.05, 0) is 55.9 Å². The largest absolute Gasteiger partial charge is 0.367 e. The number of carbonyl (C=O) groups excluding carboxylic acids is 1. The SMILES string of the molecule is N#Cc1nccc(N[C@H]2CCCC[C@H]2CC(=O)N2CCC3(CC2)CC3)n1. The number of carbonyl (C=O) groups is 1. The fourth-order valence-electron chi connectivity index (χ4n) is 4.59. The molecule has 2 atom stereocenters. The first-order valence-electron chi connectivity index (χ1n) is 9.95. The van der Waals surface area contributed by atoms with Gasteiger partial charge in [-0.1, -0.05) is 12.8 Å². The Hall–Kier alpha value is -2.16. The zero-order valence-corrected chi connectivity index (χ0v) is 15.3. The molecule has 1 aromatic rings. The first-order valence-corrected chi connectivity index (χ1v) is 9.95. The number of hydrogen-bond donors (Lipinski definition) is 1. The minimum atomic E-state index is 0.181. The van der Waals surface area contributed by atoms with E-state index in [0.717, 1.165) is 25.9 Å². The second-order valence-corrected chi connectivity index (χ2v) is 8.26. The predicted octanol–water partition coefficient (Wildman–Crippen LogP) is 3.11. The van der Waals surface area contributed by atoms with Crippen molar-refractivity contribution in [3.8, 4) is 6.07 Å². The third-order valence-electron chi connectivity index (χ3n) is 6.57. The fourth-order valence-corrected chi connectivity index (χ4v) is 4.59. The van der Waals surface area contributed by atoms with E-state index in [1.807, 2.05) is 6.07 Å². The molecule has 0 unspecified atom stereocenters. The molecular weight excluding hydrogens is 326 g/mol. The fraction of sp³-hybridized carbons (Fsp3) is 0.700. The van der Waals surface area contributed by atoms with E-state index < -0.39 is 0 Å². The molecule has 4 rings (SSSR count). The molecule has 1 spiro atoms. The molecule has 1 saturated heterocycles. The van der Waals surface area contributed by atoms with Crippen molar-refractivity contribution in [1.29, 1.82) is 5.26 Å². The molecule has 0 bridgehead atoms. The number of nitrogens with zero attached hydrogens (tertiary/aromatic N) is 4. The second-order valence-electron chi connectivity index (χ2n) is 8.26. The predicted molar refractivity (Wildman–Crippen MR) is 98.2 cm³/mol. The van der Waals surface area contributed by atoms with Gasteiger partial charge in [-0.25, -0.2) is 9.97 Å². The third-order valence-corrected chi connectivity index (χ3v) is 6.57. The van der Waals surface area contributed by atoms with Gasteiger partial charge in [0.1, 0.15) is 11.9 Å². The molecule has 1 aromatic heterocycles. The van der Waals surface area contributed by atoms with Gasteiger partial charge in [0.05, 0.1) is 0 Å². The molecule has 26 heavy (non-hydrogen) atoms. The molecule has 138 valence electrons. The molecule has 0 aromatic carbocycles. The lowest BCUT2D eigenvalue weighted by atomic mass is 9.81. The number of amides is 1. The van der Waals surface area contributed by atoms with E-state index in [2.05, 4.69) is 20.2 Å². The van der Waals surface area contributed by atoms with Crippen LogP contribution in [-0.2, 0) is 4.79 Å². The average molecular weight is 353 g/mol. The van der Waals surface area contributed by atoms with Gasteiger partial charge in [-0.3, -0.25) is 4.79 Å². The number of anilines is 1. The highest BCUT2D eigenvalue weighted by Gasteiger charge is 2.45. The van der Waals surface area contributed by atoms with Crippen LogP contribution in [0.15, 0.2) is 12.3 Å². The van der Waals surface area contributed by atoms with E-state index in [1.165, 1.54) is 38.5 Å². The Morgan fingerprint density at radius 1 is 1.27 bits per heavy atom. The normalized spacial score (nSPS) is 27.0. The first kappa shape index (κ1) is 17.3. The van der Waals surface area contributed by atoms with Crippen molar-refractivity contribution in [2.24, 2.45) is 11.3 Å². The topological polar surface area (TPSA) is 81.9 Å². The number of nitrogens with one attached hydrogen (secondary N) is 1. The number of rotatable bonds is 4. The van der Waals surface area contributed by atoms with Crippen molar-refractivity contribution < 1.29 is 4.79 Å². The van der Waals surface area contributed by atoms with Crippen LogP contribution in [-0.4, -0.2) is 39.9 Å². The quantitative estimate of drug-likeness (QED) is 0.899. The van der Waals surface area contributed by atoms with Crippen LogP contribution >= 0.6 is 0 Å². The van der Waals surface area contributed by atoms with E-state index in [1.54, 1.807) is 12.3 Å². The summed E-state index contributed by atoms with van der Waals surface area (Å²) in [5.74, 6) is 1.53. The van der Waals surface area contributed by atoms with Gasteiger partial charge < -0.3 is 10.2 Å². The van der Waals surface area contributed by atoms with Crippen LogP contribution in [0.5, 0.6) is 0 Å². The summed E-state index contributed by atoms with van der Waals surface area (Å²) < 4.78 is 0. The maximum absolute atomic E-state index is 12.8. The summed E-state index contributed by atoms with van der Waals surface area (Å²) in [7, 11) is 0. The lowest BCUT2D eigenvalue weighted by molar-refractivity contribution is -0.134. The Bertz CT molecular complexity index is 698. The van der Waals surface area contributed by atoms with Crippen LogP contribution in [0.3, 0.4) is 0 Å². The Morgan fingerprint density at radius 2 is 2.04 bits per heavy atom. The molecule has 6 nitrogen and oxygen atoms in total. The van der Waals surface area contributed by atoms with Crippen LogP contribution in [0, 0.1) is 22.7 Å². The van der Waals surface area contributed by atoms with E-state index >= 15 is 0 Å². The Kier molecular flexibility index (Phi) is 4.80. The van der Waals surface area contributed by atoms with Crippen molar-refractivity contribution in [3.63, 3.8) is 0 Å². The van der Waals surface area contributed by atoms with Gasteiger partial charge >= 0.3 is 0 Å². The smallest absolute Gasteiger partial charge is 0.234 e. The number of aromatic nitrogens is 2. The maximum Gasteiger partial charge on any atom is 0.234 e. The van der Waals surface area contributed by atoms with Crippen molar-refractivity contribution in [1.82, 2.24) is 14.9 Å². The summed E-state index contributed by atoms with van der Waals surface area (Å²) >= 11 is 0. The Balaban J connectivity index is 1.36. The van der Waals surface area contributed by atoms with Gasteiger partial charge in [0, 0.05) is 31.7 Å². The van der Waals surface area contributed by atoms with Gasteiger partial charge in [0.2, 0.25) is 11.7 Å². The van der Waals surface area contributed by atoms with Gasteiger partial charge in [0.25, 0.3) is 0 Å². The van der Waals surface area contributed by atoms with E-state index in [-0.39, 0.29) is 11.9 Å². The lowest BCUT2D eigenvalue weighted by Crippen LogP contribution is -2.42. The lowest BCUT2D eigenvalue weighted by Gasteiger charge is -2.36. The highest BCUT2D eigenvalue weighted by molar-refractivity contribution is 5.76. The number of hydrogen-bond acceptors (Lipinski definition) is 5. The highest BCUT2D eigenvalue weighted by atomic mass is 16.2. The zero-order chi connectivity index (χ0) is 18.0. The number of likely N-dealkylation sites (tertiary alicyclic amines) is 1. The van der Waals surface area contributed by atoms with E-state index in [4.69, 9.17) is 5.26 Å². The molecule has 3 fully saturated rings. The first-order chi connectivity index (χ1) is 12.7. The minimum absolute atomic E-state index is 0.181. The summed E-state index contributed by atoms with van der Waals surface area (Å²) in [6, 6.07) is 4.02. The Labute approximate surface area is 155 Å².